The lowest BCUT2D eigenvalue weighted by molar-refractivity contribution is -0.121. The molecular weight excluding hydrogens is 248 g/mol. The van der Waals surface area contributed by atoms with Gasteiger partial charge in [-0.05, 0) is 61.8 Å². The summed E-state index contributed by atoms with van der Waals surface area (Å²) < 4.78 is 0. The van der Waals surface area contributed by atoms with E-state index >= 15 is 0 Å². The molecule has 0 bridgehead atoms. The Bertz CT molecular complexity index is 478. The van der Waals surface area contributed by atoms with Gasteiger partial charge >= 0.3 is 0 Å². The maximum Gasteiger partial charge on any atom is 0.224 e. The van der Waals surface area contributed by atoms with E-state index in [2.05, 4.69) is 28.8 Å². The molecule has 2 aliphatic rings. The van der Waals surface area contributed by atoms with Gasteiger partial charge in [-0.15, -0.1) is 0 Å². The second-order valence-corrected chi connectivity index (χ2v) is 6.10. The summed E-state index contributed by atoms with van der Waals surface area (Å²) in [6.45, 7) is 1.99. The van der Waals surface area contributed by atoms with Gasteiger partial charge in [-0.2, -0.15) is 0 Å². The lowest BCUT2D eigenvalue weighted by Gasteiger charge is -2.24. The van der Waals surface area contributed by atoms with Gasteiger partial charge in [0.05, 0.1) is 6.42 Å². The van der Waals surface area contributed by atoms with E-state index in [9.17, 15) is 4.79 Å². The fraction of sp³-hybridized carbons (Fsp3) is 0.588. The molecule has 108 valence electrons. The first kappa shape index (κ1) is 13.6. The fourth-order valence-electron chi connectivity index (χ4n) is 3.34. The van der Waals surface area contributed by atoms with Crippen molar-refractivity contribution < 1.29 is 4.79 Å². The minimum absolute atomic E-state index is 0.162. The van der Waals surface area contributed by atoms with Crippen molar-refractivity contribution in [2.75, 3.05) is 13.1 Å². The summed E-state index contributed by atoms with van der Waals surface area (Å²) in [7, 11) is 0. The number of amides is 1. The van der Waals surface area contributed by atoms with Crippen LogP contribution in [0.25, 0.3) is 0 Å². The van der Waals surface area contributed by atoms with Gasteiger partial charge < -0.3 is 10.6 Å². The number of rotatable bonds is 3. The van der Waals surface area contributed by atoms with Crippen LogP contribution in [0.3, 0.4) is 0 Å². The number of carbonyl (C=O) groups is 1. The molecule has 1 aromatic carbocycles. The largest absolute Gasteiger partial charge is 0.352 e. The molecular formula is C17H24N2O. The van der Waals surface area contributed by atoms with Gasteiger partial charge in [0.15, 0.2) is 0 Å². The van der Waals surface area contributed by atoms with Crippen molar-refractivity contribution in [3.63, 3.8) is 0 Å². The number of hydrogen-bond donors (Lipinski definition) is 2. The number of hydrogen-bond acceptors (Lipinski definition) is 2. The first-order valence-electron chi connectivity index (χ1n) is 7.92. The molecule has 1 aromatic rings. The Morgan fingerprint density at radius 1 is 1.20 bits per heavy atom. The third-order valence-electron chi connectivity index (χ3n) is 4.44. The van der Waals surface area contributed by atoms with Crippen LogP contribution in [0, 0.1) is 0 Å². The summed E-state index contributed by atoms with van der Waals surface area (Å²) in [6.07, 6.45) is 7.75. The SMILES string of the molecule is O=C(Cc1ccc2c(c1)CCCC2)NC1CCCNC1. The van der Waals surface area contributed by atoms with Crippen LogP contribution in [-0.2, 0) is 24.1 Å². The third-order valence-corrected chi connectivity index (χ3v) is 4.44. The molecule has 0 spiro atoms. The van der Waals surface area contributed by atoms with Crippen molar-refractivity contribution in [2.45, 2.75) is 51.0 Å². The van der Waals surface area contributed by atoms with Crippen molar-refractivity contribution in [3.8, 4) is 0 Å². The van der Waals surface area contributed by atoms with Crippen LogP contribution < -0.4 is 10.6 Å². The number of piperidine rings is 1. The van der Waals surface area contributed by atoms with Crippen molar-refractivity contribution in [2.24, 2.45) is 0 Å². The monoisotopic (exact) mass is 272 g/mol. The summed E-state index contributed by atoms with van der Waals surface area (Å²) in [5, 5.41) is 6.48. The maximum atomic E-state index is 12.1. The Labute approximate surface area is 121 Å². The molecule has 2 N–H and O–H groups in total. The van der Waals surface area contributed by atoms with Gasteiger partial charge in [0.1, 0.15) is 0 Å². The lowest BCUT2D eigenvalue weighted by atomic mass is 9.90. The highest BCUT2D eigenvalue weighted by Gasteiger charge is 2.16. The van der Waals surface area contributed by atoms with Gasteiger partial charge in [-0.3, -0.25) is 4.79 Å². The zero-order valence-electron chi connectivity index (χ0n) is 12.1. The van der Waals surface area contributed by atoms with Gasteiger partial charge in [-0.25, -0.2) is 0 Å². The second kappa shape index (κ2) is 6.40. The van der Waals surface area contributed by atoms with E-state index < -0.39 is 0 Å². The molecule has 1 atom stereocenters. The Hall–Kier alpha value is -1.35. The minimum atomic E-state index is 0.162. The molecule has 1 fully saturated rings. The molecule has 1 heterocycles. The highest BCUT2D eigenvalue weighted by atomic mass is 16.1. The van der Waals surface area contributed by atoms with E-state index in [4.69, 9.17) is 0 Å². The first-order chi connectivity index (χ1) is 9.81. The topological polar surface area (TPSA) is 41.1 Å². The quantitative estimate of drug-likeness (QED) is 0.883. The van der Waals surface area contributed by atoms with Gasteiger partial charge in [0, 0.05) is 12.6 Å². The molecule has 0 aromatic heterocycles. The van der Waals surface area contributed by atoms with Crippen LogP contribution in [0.1, 0.15) is 42.4 Å². The molecule has 1 unspecified atom stereocenters. The van der Waals surface area contributed by atoms with E-state index in [1.807, 2.05) is 0 Å². The summed E-state index contributed by atoms with van der Waals surface area (Å²) in [5.74, 6) is 0.162. The molecule has 3 heteroatoms. The predicted octanol–water partition coefficient (Wildman–Crippen LogP) is 1.98. The van der Waals surface area contributed by atoms with Crippen LogP contribution in [0.5, 0.6) is 0 Å². The number of fused-ring (bicyclic) bond motifs is 1. The second-order valence-electron chi connectivity index (χ2n) is 6.10. The van der Waals surface area contributed by atoms with Crippen LogP contribution in [0.2, 0.25) is 0 Å². The smallest absolute Gasteiger partial charge is 0.224 e. The zero-order chi connectivity index (χ0) is 13.8. The van der Waals surface area contributed by atoms with Crippen molar-refractivity contribution in [1.29, 1.82) is 0 Å². The molecule has 20 heavy (non-hydrogen) atoms. The summed E-state index contributed by atoms with van der Waals surface area (Å²) in [6, 6.07) is 6.91. The van der Waals surface area contributed by atoms with Gasteiger partial charge in [-0.1, -0.05) is 18.2 Å². The van der Waals surface area contributed by atoms with Crippen LogP contribution in [0.4, 0.5) is 0 Å². The van der Waals surface area contributed by atoms with Crippen LogP contribution in [0.15, 0.2) is 18.2 Å². The molecule has 1 aliphatic heterocycles. The average Bonchev–Trinajstić information content (AvgIpc) is 2.48. The third kappa shape index (κ3) is 3.40. The minimum Gasteiger partial charge on any atom is -0.352 e. The zero-order valence-corrected chi connectivity index (χ0v) is 12.1. The number of aryl methyl sites for hydroxylation is 2. The van der Waals surface area contributed by atoms with Gasteiger partial charge in [0.25, 0.3) is 0 Å². The summed E-state index contributed by atoms with van der Waals surface area (Å²) >= 11 is 0. The van der Waals surface area contributed by atoms with Crippen LogP contribution in [-0.4, -0.2) is 25.0 Å². The van der Waals surface area contributed by atoms with Gasteiger partial charge in [0.2, 0.25) is 5.91 Å². The number of nitrogens with one attached hydrogen (secondary N) is 2. The van der Waals surface area contributed by atoms with Crippen LogP contribution >= 0.6 is 0 Å². The van der Waals surface area contributed by atoms with E-state index in [-0.39, 0.29) is 5.91 Å². The standard InChI is InChI=1S/C17H24N2O/c20-17(19-16-6-3-9-18-12-16)11-13-7-8-14-4-1-2-5-15(14)10-13/h7-8,10,16,18H,1-6,9,11-12H2,(H,19,20). The van der Waals surface area contributed by atoms with E-state index in [1.165, 1.54) is 36.8 Å². The van der Waals surface area contributed by atoms with Crippen molar-refractivity contribution >= 4 is 5.91 Å². The Kier molecular flexibility index (Phi) is 4.36. The number of carbonyl (C=O) groups excluding carboxylic acids is 1. The Morgan fingerprint density at radius 3 is 2.85 bits per heavy atom. The molecule has 1 saturated heterocycles. The lowest BCUT2D eigenvalue weighted by Crippen LogP contribution is -2.46. The fourth-order valence-corrected chi connectivity index (χ4v) is 3.34. The number of benzene rings is 1. The van der Waals surface area contributed by atoms with E-state index in [1.54, 1.807) is 0 Å². The Morgan fingerprint density at radius 2 is 2.05 bits per heavy atom. The molecule has 1 amide bonds. The molecule has 0 radical (unpaired) electrons. The van der Waals surface area contributed by atoms with Crippen molar-refractivity contribution in [1.82, 2.24) is 10.6 Å². The first-order valence-corrected chi connectivity index (χ1v) is 7.92. The highest BCUT2D eigenvalue weighted by molar-refractivity contribution is 5.79. The average molecular weight is 272 g/mol. The summed E-state index contributed by atoms with van der Waals surface area (Å²) in [4.78, 5) is 12.1. The normalized spacial score (nSPS) is 22.1. The highest BCUT2D eigenvalue weighted by Crippen LogP contribution is 2.22. The molecule has 0 saturated carbocycles. The van der Waals surface area contributed by atoms with Crippen molar-refractivity contribution in [3.05, 3.63) is 34.9 Å². The molecule has 1 aliphatic carbocycles. The maximum absolute atomic E-state index is 12.1. The van der Waals surface area contributed by atoms with E-state index in [0.29, 0.717) is 12.5 Å². The molecule has 3 rings (SSSR count). The Balaban J connectivity index is 1.58. The van der Waals surface area contributed by atoms with E-state index in [0.717, 1.165) is 31.5 Å². The molecule has 3 nitrogen and oxygen atoms in total. The summed E-state index contributed by atoms with van der Waals surface area (Å²) in [5.41, 5.74) is 4.10. The predicted molar refractivity (Wildman–Crippen MR) is 80.8 cm³/mol.